The summed E-state index contributed by atoms with van der Waals surface area (Å²) in [6.07, 6.45) is 5.73. The van der Waals surface area contributed by atoms with Gasteiger partial charge in [-0.25, -0.2) is 0 Å². The van der Waals surface area contributed by atoms with Crippen molar-refractivity contribution in [2.75, 3.05) is 20.0 Å². The van der Waals surface area contributed by atoms with Gasteiger partial charge >= 0.3 is 0 Å². The van der Waals surface area contributed by atoms with Crippen molar-refractivity contribution in [1.82, 2.24) is 20.4 Å². The fourth-order valence-electron chi connectivity index (χ4n) is 2.20. The molecule has 3 rings (SSSR count). The molecule has 0 radical (unpaired) electrons. The third kappa shape index (κ3) is 3.88. The van der Waals surface area contributed by atoms with Gasteiger partial charge in [0.25, 0.3) is 5.22 Å². The van der Waals surface area contributed by atoms with Crippen LogP contribution in [0.3, 0.4) is 0 Å². The van der Waals surface area contributed by atoms with Crippen LogP contribution in [0, 0.1) is 0 Å². The Labute approximate surface area is 143 Å². The molecule has 0 spiro atoms. The number of nitrogens with one attached hydrogen (secondary N) is 1. The van der Waals surface area contributed by atoms with Crippen LogP contribution in [0.2, 0.25) is 0 Å². The highest BCUT2D eigenvalue weighted by Gasteiger charge is 2.12. The molecule has 1 aromatic carbocycles. The van der Waals surface area contributed by atoms with Gasteiger partial charge < -0.3 is 13.9 Å². The van der Waals surface area contributed by atoms with Crippen LogP contribution in [0.4, 0.5) is 0 Å². The Morgan fingerprint density at radius 1 is 1.17 bits per heavy atom. The fraction of sp³-hybridized carbons (Fsp3) is 0.312. The van der Waals surface area contributed by atoms with E-state index in [0.29, 0.717) is 22.6 Å². The Kier molecular flexibility index (Phi) is 5.37. The summed E-state index contributed by atoms with van der Waals surface area (Å²) in [4.78, 5) is 0. The van der Waals surface area contributed by atoms with E-state index >= 15 is 0 Å². The minimum absolute atomic E-state index is 0.466. The minimum atomic E-state index is 0.466. The van der Waals surface area contributed by atoms with Crippen LogP contribution in [0.25, 0.3) is 11.5 Å². The van der Waals surface area contributed by atoms with Gasteiger partial charge in [-0.2, -0.15) is 5.10 Å². The molecule has 7 nitrogen and oxygen atoms in total. The summed E-state index contributed by atoms with van der Waals surface area (Å²) in [5.41, 5.74) is 2.00. The summed E-state index contributed by atoms with van der Waals surface area (Å²) in [6, 6.07) is 5.50. The monoisotopic (exact) mass is 346 g/mol. The van der Waals surface area contributed by atoms with Gasteiger partial charge in [0.2, 0.25) is 5.89 Å². The smallest absolute Gasteiger partial charge is 0.276 e. The molecule has 0 aliphatic rings. The van der Waals surface area contributed by atoms with E-state index in [4.69, 9.17) is 13.9 Å². The molecule has 0 fully saturated rings. The lowest BCUT2D eigenvalue weighted by Crippen LogP contribution is -1.90. The molecule has 0 atom stereocenters. The number of methoxy groups -OCH3 is 2. The molecule has 0 saturated carbocycles. The number of aromatic amines is 1. The predicted octanol–water partition coefficient (Wildman–Crippen LogP) is 3.20. The molecule has 0 saturated heterocycles. The third-order valence-corrected chi connectivity index (χ3v) is 4.33. The zero-order valence-electron chi connectivity index (χ0n) is 13.5. The first kappa shape index (κ1) is 16.4. The molecule has 8 heteroatoms. The van der Waals surface area contributed by atoms with E-state index in [-0.39, 0.29) is 0 Å². The highest BCUT2D eigenvalue weighted by atomic mass is 32.2. The molecule has 3 aromatic rings. The molecular weight excluding hydrogens is 328 g/mol. The van der Waals surface area contributed by atoms with Crippen LogP contribution in [0.1, 0.15) is 12.0 Å². The van der Waals surface area contributed by atoms with E-state index in [9.17, 15) is 0 Å². The lowest BCUT2D eigenvalue weighted by atomic mass is 10.2. The molecule has 1 N–H and O–H groups in total. The normalized spacial score (nSPS) is 10.8. The van der Waals surface area contributed by atoms with Gasteiger partial charge in [0.05, 0.1) is 20.4 Å². The molecule has 0 aliphatic heterocycles. The summed E-state index contributed by atoms with van der Waals surface area (Å²) in [7, 11) is 3.19. The van der Waals surface area contributed by atoms with Crippen molar-refractivity contribution >= 4 is 11.8 Å². The van der Waals surface area contributed by atoms with Crippen LogP contribution < -0.4 is 9.47 Å². The largest absolute Gasteiger partial charge is 0.493 e. The average Bonchev–Trinajstić information content (AvgIpc) is 3.30. The van der Waals surface area contributed by atoms with E-state index in [1.54, 1.807) is 26.0 Å². The number of ether oxygens (including phenoxy) is 2. The predicted molar refractivity (Wildman–Crippen MR) is 90.5 cm³/mol. The topological polar surface area (TPSA) is 86.1 Å². The lowest BCUT2D eigenvalue weighted by Gasteiger charge is -2.07. The van der Waals surface area contributed by atoms with Gasteiger partial charge in [0.1, 0.15) is 0 Å². The van der Waals surface area contributed by atoms with Crippen LogP contribution in [-0.4, -0.2) is 40.4 Å². The Bertz CT molecular complexity index is 773. The molecule has 2 heterocycles. The van der Waals surface area contributed by atoms with E-state index in [1.807, 2.05) is 30.6 Å². The second-order valence-corrected chi connectivity index (χ2v) is 6.05. The SMILES string of the molecule is COc1ccc(-c2nnc(SCCCc3cn[nH]c3)o2)cc1OC. The van der Waals surface area contributed by atoms with E-state index < -0.39 is 0 Å². The standard InChI is InChI=1S/C16H18N4O3S/c1-21-13-6-5-12(8-14(13)22-2)15-19-20-16(23-15)24-7-3-4-11-9-17-18-10-11/h5-6,8-10H,3-4,7H2,1-2H3,(H,17,18). The van der Waals surface area contributed by atoms with E-state index in [1.165, 1.54) is 5.56 Å². The first-order valence-electron chi connectivity index (χ1n) is 7.46. The molecule has 0 amide bonds. The van der Waals surface area contributed by atoms with Gasteiger partial charge in [-0.3, -0.25) is 5.10 Å². The molecule has 2 aromatic heterocycles. The Morgan fingerprint density at radius 2 is 2.04 bits per heavy atom. The maximum absolute atomic E-state index is 5.71. The first-order valence-corrected chi connectivity index (χ1v) is 8.45. The highest BCUT2D eigenvalue weighted by molar-refractivity contribution is 7.99. The number of hydrogen-bond donors (Lipinski definition) is 1. The van der Waals surface area contributed by atoms with E-state index in [0.717, 1.165) is 24.2 Å². The Hall–Kier alpha value is -2.48. The van der Waals surface area contributed by atoms with Crippen LogP contribution in [0.5, 0.6) is 11.5 Å². The van der Waals surface area contributed by atoms with Crippen LogP contribution in [0.15, 0.2) is 40.2 Å². The fourth-order valence-corrected chi connectivity index (χ4v) is 2.90. The van der Waals surface area contributed by atoms with Crippen molar-refractivity contribution in [3.8, 4) is 23.0 Å². The molecule has 0 aliphatic carbocycles. The van der Waals surface area contributed by atoms with Crippen molar-refractivity contribution in [3.05, 3.63) is 36.2 Å². The molecular formula is C16H18N4O3S. The van der Waals surface area contributed by atoms with Crippen LogP contribution >= 0.6 is 11.8 Å². The minimum Gasteiger partial charge on any atom is -0.493 e. The van der Waals surface area contributed by atoms with Crippen molar-refractivity contribution in [1.29, 1.82) is 0 Å². The summed E-state index contributed by atoms with van der Waals surface area (Å²) in [5, 5.41) is 15.5. The second-order valence-electron chi connectivity index (χ2n) is 5.00. The van der Waals surface area contributed by atoms with Gasteiger partial charge in [0, 0.05) is 17.5 Å². The number of thioether (sulfide) groups is 1. The number of aryl methyl sites for hydroxylation is 1. The van der Waals surface area contributed by atoms with Crippen LogP contribution in [-0.2, 0) is 6.42 Å². The number of H-pyrrole nitrogens is 1. The summed E-state index contributed by atoms with van der Waals surface area (Å²) in [5.74, 6) is 2.66. The van der Waals surface area contributed by atoms with Gasteiger partial charge in [-0.1, -0.05) is 11.8 Å². The zero-order valence-corrected chi connectivity index (χ0v) is 14.3. The number of aromatic nitrogens is 4. The molecule has 0 bridgehead atoms. The summed E-state index contributed by atoms with van der Waals surface area (Å²) in [6.45, 7) is 0. The Morgan fingerprint density at radius 3 is 2.79 bits per heavy atom. The van der Waals surface area contributed by atoms with Crippen molar-refractivity contribution < 1.29 is 13.9 Å². The van der Waals surface area contributed by atoms with Gasteiger partial charge in [0.15, 0.2) is 11.5 Å². The second kappa shape index (κ2) is 7.87. The third-order valence-electron chi connectivity index (χ3n) is 3.43. The highest BCUT2D eigenvalue weighted by Crippen LogP contribution is 2.32. The number of rotatable bonds is 8. The summed E-state index contributed by atoms with van der Waals surface area (Å²) < 4.78 is 16.2. The molecule has 0 unspecified atom stereocenters. The van der Waals surface area contributed by atoms with E-state index in [2.05, 4.69) is 20.4 Å². The van der Waals surface area contributed by atoms with Crippen molar-refractivity contribution in [3.63, 3.8) is 0 Å². The molecule has 126 valence electrons. The van der Waals surface area contributed by atoms with Gasteiger partial charge in [-0.05, 0) is 36.6 Å². The number of hydrogen-bond acceptors (Lipinski definition) is 7. The summed E-state index contributed by atoms with van der Waals surface area (Å²) >= 11 is 1.55. The first-order chi connectivity index (χ1) is 11.8. The maximum Gasteiger partial charge on any atom is 0.276 e. The maximum atomic E-state index is 5.71. The zero-order chi connectivity index (χ0) is 16.8. The quantitative estimate of drug-likeness (QED) is 0.495. The number of nitrogens with zero attached hydrogens (tertiary/aromatic N) is 3. The van der Waals surface area contributed by atoms with Crippen molar-refractivity contribution in [2.45, 2.75) is 18.1 Å². The Balaban J connectivity index is 1.58. The van der Waals surface area contributed by atoms with Crippen molar-refractivity contribution in [2.24, 2.45) is 0 Å². The average molecular weight is 346 g/mol. The lowest BCUT2D eigenvalue weighted by molar-refractivity contribution is 0.355. The van der Waals surface area contributed by atoms with Gasteiger partial charge in [-0.15, -0.1) is 10.2 Å². The molecule has 24 heavy (non-hydrogen) atoms. The number of benzene rings is 1.